The Hall–Kier alpha value is -1.22. The molecule has 1 fully saturated rings. The smallest absolute Gasteiger partial charge is 0.125 e. The van der Waals surface area contributed by atoms with Crippen molar-refractivity contribution in [1.29, 1.82) is 0 Å². The molecule has 2 nitrogen and oxygen atoms in total. The first-order valence-corrected chi connectivity index (χ1v) is 8.15. The van der Waals surface area contributed by atoms with Gasteiger partial charge in [0.05, 0.1) is 5.69 Å². The van der Waals surface area contributed by atoms with E-state index in [9.17, 15) is 0 Å². The number of thiazole rings is 1. The highest BCUT2D eigenvalue weighted by Crippen LogP contribution is 2.35. The Kier molecular flexibility index (Phi) is 3.92. The van der Waals surface area contributed by atoms with Crippen molar-refractivity contribution in [3.8, 4) is 10.6 Å². The molecule has 1 aliphatic rings. The van der Waals surface area contributed by atoms with Gasteiger partial charge in [0.2, 0.25) is 0 Å². The Balaban J connectivity index is 1.88. The Labute approximate surface area is 118 Å². The molecular weight excluding hydrogens is 252 g/mol. The van der Waals surface area contributed by atoms with Crippen LogP contribution in [0.5, 0.6) is 0 Å². The summed E-state index contributed by atoms with van der Waals surface area (Å²) in [6.07, 6.45) is 11.6. The number of hydrogen-bond acceptors (Lipinski definition) is 3. The number of rotatable bonds is 3. The molecule has 3 heteroatoms. The van der Waals surface area contributed by atoms with Gasteiger partial charge in [0, 0.05) is 29.3 Å². The van der Waals surface area contributed by atoms with Gasteiger partial charge in [-0.25, -0.2) is 4.98 Å². The fraction of sp³-hybridized carbons (Fsp3) is 0.500. The summed E-state index contributed by atoms with van der Waals surface area (Å²) in [6.45, 7) is 2.19. The zero-order valence-electron chi connectivity index (χ0n) is 11.4. The number of pyridine rings is 1. The lowest BCUT2D eigenvalue weighted by Crippen LogP contribution is -2.04. The fourth-order valence-electron chi connectivity index (χ4n) is 2.92. The van der Waals surface area contributed by atoms with Crippen LogP contribution in [0.3, 0.4) is 0 Å². The van der Waals surface area contributed by atoms with Gasteiger partial charge < -0.3 is 0 Å². The first-order valence-electron chi connectivity index (χ1n) is 7.27. The van der Waals surface area contributed by atoms with Crippen LogP contribution < -0.4 is 0 Å². The van der Waals surface area contributed by atoms with Crippen LogP contribution in [0, 0.1) is 0 Å². The van der Waals surface area contributed by atoms with Gasteiger partial charge in [-0.15, -0.1) is 11.3 Å². The van der Waals surface area contributed by atoms with Gasteiger partial charge in [-0.1, -0.05) is 26.2 Å². The van der Waals surface area contributed by atoms with E-state index in [1.165, 1.54) is 48.9 Å². The van der Waals surface area contributed by atoms with Crippen LogP contribution in [0.2, 0.25) is 0 Å². The van der Waals surface area contributed by atoms with Gasteiger partial charge in [-0.05, 0) is 30.9 Å². The molecular formula is C16H20N2S. The maximum Gasteiger partial charge on any atom is 0.125 e. The minimum atomic E-state index is 0.695. The molecule has 1 aliphatic carbocycles. The first-order chi connectivity index (χ1) is 9.38. The third kappa shape index (κ3) is 2.71. The van der Waals surface area contributed by atoms with E-state index >= 15 is 0 Å². The Morgan fingerprint density at radius 1 is 1.26 bits per heavy atom. The maximum absolute atomic E-state index is 4.89. The van der Waals surface area contributed by atoms with Gasteiger partial charge in [0.25, 0.3) is 0 Å². The highest BCUT2D eigenvalue weighted by atomic mass is 32.1. The minimum absolute atomic E-state index is 0.695. The van der Waals surface area contributed by atoms with Gasteiger partial charge >= 0.3 is 0 Å². The molecule has 0 bridgehead atoms. The average Bonchev–Trinajstić information content (AvgIpc) is 2.98. The zero-order chi connectivity index (χ0) is 13.1. The maximum atomic E-state index is 4.89. The Morgan fingerprint density at radius 2 is 2.11 bits per heavy atom. The molecule has 0 saturated heterocycles. The topological polar surface area (TPSA) is 25.8 Å². The van der Waals surface area contributed by atoms with E-state index < -0.39 is 0 Å². The van der Waals surface area contributed by atoms with E-state index in [0.29, 0.717) is 5.92 Å². The number of nitrogens with zero attached hydrogens (tertiary/aromatic N) is 2. The molecule has 0 aromatic carbocycles. The quantitative estimate of drug-likeness (QED) is 0.801. The largest absolute Gasteiger partial charge is 0.264 e. The van der Waals surface area contributed by atoms with Crippen molar-refractivity contribution < 1.29 is 0 Å². The van der Waals surface area contributed by atoms with E-state index in [2.05, 4.69) is 23.4 Å². The number of hydrogen-bond donors (Lipinski definition) is 0. The van der Waals surface area contributed by atoms with Crippen LogP contribution in [-0.2, 0) is 6.42 Å². The second kappa shape index (κ2) is 5.83. The van der Waals surface area contributed by atoms with Gasteiger partial charge in [-0.3, -0.25) is 4.98 Å². The third-order valence-electron chi connectivity index (χ3n) is 4.07. The zero-order valence-corrected chi connectivity index (χ0v) is 12.2. The van der Waals surface area contributed by atoms with Crippen molar-refractivity contribution in [1.82, 2.24) is 9.97 Å². The summed E-state index contributed by atoms with van der Waals surface area (Å²) in [5.74, 6) is 0.695. The summed E-state index contributed by atoms with van der Waals surface area (Å²) in [5.41, 5.74) is 3.88. The van der Waals surface area contributed by atoms with E-state index in [-0.39, 0.29) is 0 Å². The Bertz CT molecular complexity index is 541. The molecule has 0 spiro atoms. The lowest BCUT2D eigenvalue weighted by Gasteiger charge is -2.19. The van der Waals surface area contributed by atoms with E-state index in [1.54, 1.807) is 11.3 Å². The highest BCUT2D eigenvalue weighted by Gasteiger charge is 2.19. The second-order valence-electron chi connectivity index (χ2n) is 5.30. The molecule has 3 rings (SSSR count). The summed E-state index contributed by atoms with van der Waals surface area (Å²) in [5, 5.41) is 3.41. The summed E-state index contributed by atoms with van der Waals surface area (Å²) < 4.78 is 0. The number of aromatic nitrogens is 2. The molecule has 2 heterocycles. The Morgan fingerprint density at radius 3 is 2.89 bits per heavy atom. The second-order valence-corrected chi connectivity index (χ2v) is 6.16. The summed E-state index contributed by atoms with van der Waals surface area (Å²) in [7, 11) is 0. The molecule has 19 heavy (non-hydrogen) atoms. The minimum Gasteiger partial charge on any atom is -0.264 e. The van der Waals surface area contributed by atoms with E-state index in [4.69, 9.17) is 4.98 Å². The van der Waals surface area contributed by atoms with Gasteiger partial charge in [0.15, 0.2) is 0 Å². The molecule has 1 saturated carbocycles. The molecule has 0 amide bonds. The standard InChI is InChI=1S/C16H20N2S/c1-2-12-8-9-17-10-14(12)16-18-15(11-19-16)13-6-4-3-5-7-13/h8-11,13H,2-7H2,1H3. The van der Waals surface area contributed by atoms with Crippen molar-refractivity contribution in [2.24, 2.45) is 0 Å². The summed E-state index contributed by atoms with van der Waals surface area (Å²) >= 11 is 1.77. The van der Waals surface area contributed by atoms with Crippen LogP contribution in [-0.4, -0.2) is 9.97 Å². The molecule has 0 aliphatic heterocycles. The van der Waals surface area contributed by atoms with Crippen molar-refractivity contribution in [3.05, 3.63) is 35.1 Å². The van der Waals surface area contributed by atoms with Crippen LogP contribution >= 0.6 is 11.3 Å². The third-order valence-corrected chi connectivity index (χ3v) is 4.96. The number of aryl methyl sites for hydroxylation is 1. The normalized spacial score (nSPS) is 16.7. The molecule has 2 aromatic heterocycles. The summed E-state index contributed by atoms with van der Waals surface area (Å²) in [4.78, 5) is 9.15. The van der Waals surface area contributed by atoms with Crippen LogP contribution in [0.15, 0.2) is 23.8 Å². The van der Waals surface area contributed by atoms with Crippen LogP contribution in [0.25, 0.3) is 10.6 Å². The molecule has 0 N–H and O–H groups in total. The van der Waals surface area contributed by atoms with Gasteiger partial charge in [0.1, 0.15) is 5.01 Å². The fourth-order valence-corrected chi connectivity index (χ4v) is 3.87. The lowest BCUT2D eigenvalue weighted by molar-refractivity contribution is 0.438. The van der Waals surface area contributed by atoms with E-state index in [1.807, 2.05) is 12.4 Å². The SMILES string of the molecule is CCc1ccncc1-c1nc(C2CCCCC2)cs1. The van der Waals surface area contributed by atoms with E-state index in [0.717, 1.165) is 11.4 Å². The van der Waals surface area contributed by atoms with Crippen molar-refractivity contribution >= 4 is 11.3 Å². The molecule has 0 unspecified atom stereocenters. The predicted octanol–water partition coefficient (Wildman–Crippen LogP) is 4.82. The van der Waals surface area contributed by atoms with Gasteiger partial charge in [-0.2, -0.15) is 0 Å². The van der Waals surface area contributed by atoms with Crippen molar-refractivity contribution in [3.63, 3.8) is 0 Å². The first kappa shape index (κ1) is 12.8. The lowest BCUT2D eigenvalue weighted by atomic mass is 9.87. The molecule has 0 atom stereocenters. The molecule has 2 aromatic rings. The van der Waals surface area contributed by atoms with Crippen LogP contribution in [0.1, 0.15) is 56.2 Å². The highest BCUT2D eigenvalue weighted by molar-refractivity contribution is 7.13. The predicted molar refractivity (Wildman–Crippen MR) is 80.5 cm³/mol. The van der Waals surface area contributed by atoms with Crippen LogP contribution in [0.4, 0.5) is 0 Å². The molecule has 0 radical (unpaired) electrons. The van der Waals surface area contributed by atoms with Crippen molar-refractivity contribution in [2.75, 3.05) is 0 Å². The summed E-state index contributed by atoms with van der Waals surface area (Å²) in [6, 6.07) is 2.11. The van der Waals surface area contributed by atoms with Crippen molar-refractivity contribution in [2.45, 2.75) is 51.4 Å². The molecule has 100 valence electrons. The monoisotopic (exact) mass is 272 g/mol. The average molecular weight is 272 g/mol.